The number of hydrogen-bond donors (Lipinski definition) is 0. The number of carbonyl (C=O) groups excluding carboxylic acids is 1. The molecule has 3 rings (SSSR count). The van der Waals surface area contributed by atoms with E-state index in [9.17, 15) is 4.79 Å². The van der Waals surface area contributed by atoms with Crippen LogP contribution >= 0.6 is 0 Å². The molecular formula is C13H19N3O. The van der Waals surface area contributed by atoms with Gasteiger partial charge in [0, 0.05) is 31.4 Å². The van der Waals surface area contributed by atoms with Crippen molar-refractivity contribution in [3.8, 4) is 0 Å². The highest BCUT2D eigenvalue weighted by Crippen LogP contribution is 2.29. The van der Waals surface area contributed by atoms with Gasteiger partial charge in [0.2, 0.25) is 5.91 Å². The smallest absolute Gasteiger partial charge is 0.225 e. The van der Waals surface area contributed by atoms with Crippen LogP contribution in [0.15, 0.2) is 18.5 Å². The summed E-state index contributed by atoms with van der Waals surface area (Å²) < 4.78 is 1.99. The van der Waals surface area contributed by atoms with Crippen molar-refractivity contribution in [3.63, 3.8) is 0 Å². The maximum absolute atomic E-state index is 12.3. The molecule has 1 saturated heterocycles. The predicted molar refractivity (Wildman–Crippen MR) is 64.4 cm³/mol. The van der Waals surface area contributed by atoms with E-state index in [0.29, 0.717) is 17.9 Å². The summed E-state index contributed by atoms with van der Waals surface area (Å²) in [5.41, 5.74) is 0. The maximum atomic E-state index is 12.3. The average Bonchev–Trinajstić information content (AvgIpc) is 3.09. The Kier molecular flexibility index (Phi) is 2.87. The highest BCUT2D eigenvalue weighted by molar-refractivity contribution is 5.79. The van der Waals surface area contributed by atoms with Crippen LogP contribution in [0.3, 0.4) is 0 Å². The quantitative estimate of drug-likeness (QED) is 0.782. The van der Waals surface area contributed by atoms with E-state index in [0.717, 1.165) is 32.4 Å². The minimum atomic E-state index is 0.311. The molecule has 0 bridgehead atoms. The molecule has 1 amide bonds. The summed E-state index contributed by atoms with van der Waals surface area (Å²) >= 11 is 0. The van der Waals surface area contributed by atoms with Crippen molar-refractivity contribution >= 4 is 5.91 Å². The van der Waals surface area contributed by atoms with E-state index >= 15 is 0 Å². The van der Waals surface area contributed by atoms with E-state index in [1.165, 1.54) is 12.8 Å². The Labute approximate surface area is 102 Å². The van der Waals surface area contributed by atoms with Gasteiger partial charge in [0.25, 0.3) is 0 Å². The van der Waals surface area contributed by atoms with Gasteiger partial charge in [0.05, 0.1) is 6.04 Å². The van der Waals surface area contributed by atoms with Crippen LogP contribution in [0.4, 0.5) is 0 Å². The molecule has 1 aliphatic carbocycles. The number of rotatable bonds is 2. The zero-order valence-electron chi connectivity index (χ0n) is 10.1. The molecule has 1 saturated carbocycles. The molecule has 1 atom stereocenters. The van der Waals surface area contributed by atoms with Crippen LogP contribution in [-0.4, -0.2) is 33.7 Å². The molecule has 1 aliphatic heterocycles. The lowest BCUT2D eigenvalue weighted by Gasteiger charge is -2.20. The summed E-state index contributed by atoms with van der Waals surface area (Å²) in [7, 11) is 0. The average molecular weight is 233 g/mol. The second-order valence-electron chi connectivity index (χ2n) is 5.19. The lowest BCUT2D eigenvalue weighted by atomic mass is 10.1. The van der Waals surface area contributed by atoms with E-state index in [2.05, 4.69) is 5.10 Å². The second kappa shape index (κ2) is 4.51. The highest BCUT2D eigenvalue weighted by atomic mass is 16.2. The van der Waals surface area contributed by atoms with Crippen LogP contribution in [0.25, 0.3) is 0 Å². The third-order valence-electron chi connectivity index (χ3n) is 4.08. The zero-order valence-corrected chi connectivity index (χ0v) is 10.1. The van der Waals surface area contributed by atoms with Crippen molar-refractivity contribution in [1.29, 1.82) is 0 Å². The molecule has 1 aromatic rings. The van der Waals surface area contributed by atoms with Gasteiger partial charge in [-0.25, -0.2) is 0 Å². The van der Waals surface area contributed by atoms with E-state index in [1.807, 2.05) is 21.8 Å². The Bertz CT molecular complexity index is 381. The fourth-order valence-electron chi connectivity index (χ4n) is 3.09. The van der Waals surface area contributed by atoms with Crippen molar-refractivity contribution < 1.29 is 4.79 Å². The first kappa shape index (κ1) is 10.8. The molecular weight excluding hydrogens is 214 g/mol. The molecule has 2 fully saturated rings. The van der Waals surface area contributed by atoms with Crippen LogP contribution in [0.2, 0.25) is 0 Å². The second-order valence-corrected chi connectivity index (χ2v) is 5.19. The molecule has 0 N–H and O–H groups in total. The molecule has 17 heavy (non-hydrogen) atoms. The lowest BCUT2D eigenvalue weighted by molar-refractivity contribution is -0.134. The van der Waals surface area contributed by atoms with Gasteiger partial charge in [0.1, 0.15) is 0 Å². The van der Waals surface area contributed by atoms with Crippen molar-refractivity contribution in [1.82, 2.24) is 14.7 Å². The summed E-state index contributed by atoms with van der Waals surface area (Å²) in [5.74, 6) is 0.698. The molecule has 1 aromatic heterocycles. The predicted octanol–water partition coefficient (Wildman–Crippen LogP) is 1.85. The van der Waals surface area contributed by atoms with Crippen molar-refractivity contribution in [3.05, 3.63) is 18.5 Å². The standard InChI is InChI=1S/C13H19N3O/c17-13(11-4-1-2-5-11)15-9-6-12(10-15)16-8-3-7-14-16/h3,7-8,11-12H,1-2,4-6,9-10H2. The van der Waals surface area contributed by atoms with Gasteiger partial charge in [-0.05, 0) is 25.3 Å². The Morgan fingerprint density at radius 3 is 2.76 bits per heavy atom. The number of carbonyl (C=O) groups is 1. The first-order valence-electron chi connectivity index (χ1n) is 6.62. The Balaban J connectivity index is 1.62. The Morgan fingerprint density at radius 2 is 2.06 bits per heavy atom. The minimum absolute atomic E-state index is 0.311. The number of likely N-dealkylation sites (tertiary alicyclic amines) is 1. The molecule has 0 spiro atoms. The van der Waals surface area contributed by atoms with Gasteiger partial charge in [-0.3, -0.25) is 9.48 Å². The molecule has 0 radical (unpaired) electrons. The first-order valence-corrected chi connectivity index (χ1v) is 6.62. The Hall–Kier alpha value is -1.32. The van der Waals surface area contributed by atoms with Crippen LogP contribution in [0.5, 0.6) is 0 Å². The summed E-state index contributed by atoms with van der Waals surface area (Å²) in [6, 6.07) is 2.33. The number of amides is 1. The van der Waals surface area contributed by atoms with E-state index in [-0.39, 0.29) is 0 Å². The summed E-state index contributed by atoms with van der Waals surface area (Å²) in [4.78, 5) is 14.3. The molecule has 2 heterocycles. The molecule has 0 aromatic carbocycles. The molecule has 2 aliphatic rings. The zero-order chi connectivity index (χ0) is 11.7. The Morgan fingerprint density at radius 1 is 1.24 bits per heavy atom. The first-order chi connectivity index (χ1) is 8.34. The molecule has 4 heteroatoms. The lowest BCUT2D eigenvalue weighted by Crippen LogP contribution is -2.33. The van der Waals surface area contributed by atoms with Gasteiger partial charge in [0.15, 0.2) is 0 Å². The largest absolute Gasteiger partial charge is 0.340 e. The van der Waals surface area contributed by atoms with Crippen LogP contribution in [0.1, 0.15) is 38.1 Å². The molecule has 1 unspecified atom stereocenters. The topological polar surface area (TPSA) is 38.1 Å². The van der Waals surface area contributed by atoms with Gasteiger partial charge in [-0.15, -0.1) is 0 Å². The van der Waals surface area contributed by atoms with E-state index in [1.54, 1.807) is 6.20 Å². The molecule has 92 valence electrons. The van der Waals surface area contributed by atoms with Gasteiger partial charge < -0.3 is 4.90 Å². The third kappa shape index (κ3) is 2.08. The van der Waals surface area contributed by atoms with E-state index in [4.69, 9.17) is 0 Å². The summed E-state index contributed by atoms with van der Waals surface area (Å²) in [6.07, 6.45) is 9.50. The maximum Gasteiger partial charge on any atom is 0.225 e. The fraction of sp³-hybridized carbons (Fsp3) is 0.692. The van der Waals surface area contributed by atoms with Gasteiger partial charge in [-0.1, -0.05) is 12.8 Å². The SMILES string of the molecule is O=C(C1CCCC1)N1CCC(n2cccn2)C1. The van der Waals surface area contributed by atoms with E-state index < -0.39 is 0 Å². The van der Waals surface area contributed by atoms with Gasteiger partial charge in [-0.2, -0.15) is 5.10 Å². The van der Waals surface area contributed by atoms with Crippen LogP contribution in [0, 0.1) is 5.92 Å². The van der Waals surface area contributed by atoms with Crippen molar-refractivity contribution in [2.45, 2.75) is 38.1 Å². The monoisotopic (exact) mass is 233 g/mol. The normalized spacial score (nSPS) is 25.6. The summed E-state index contributed by atoms with van der Waals surface area (Å²) in [5, 5.41) is 4.27. The number of hydrogen-bond acceptors (Lipinski definition) is 2. The molecule has 4 nitrogen and oxygen atoms in total. The summed E-state index contributed by atoms with van der Waals surface area (Å²) in [6.45, 7) is 1.75. The van der Waals surface area contributed by atoms with Crippen molar-refractivity contribution in [2.24, 2.45) is 5.92 Å². The minimum Gasteiger partial charge on any atom is -0.340 e. The third-order valence-corrected chi connectivity index (χ3v) is 4.08. The van der Waals surface area contributed by atoms with Crippen LogP contribution in [-0.2, 0) is 4.79 Å². The number of aromatic nitrogens is 2. The van der Waals surface area contributed by atoms with Crippen LogP contribution < -0.4 is 0 Å². The van der Waals surface area contributed by atoms with Gasteiger partial charge >= 0.3 is 0 Å². The number of nitrogens with zero attached hydrogens (tertiary/aromatic N) is 3. The fourth-order valence-corrected chi connectivity index (χ4v) is 3.09. The van der Waals surface area contributed by atoms with Crippen molar-refractivity contribution in [2.75, 3.05) is 13.1 Å². The highest BCUT2D eigenvalue weighted by Gasteiger charge is 2.32.